The summed E-state index contributed by atoms with van der Waals surface area (Å²) >= 11 is 1.45. The summed E-state index contributed by atoms with van der Waals surface area (Å²) in [6.07, 6.45) is 2.49. The Morgan fingerprint density at radius 3 is 2.79 bits per heavy atom. The Balaban J connectivity index is 1.82. The summed E-state index contributed by atoms with van der Waals surface area (Å²) in [6, 6.07) is 11.9. The number of hydrogen-bond acceptors (Lipinski definition) is 5. The van der Waals surface area contributed by atoms with E-state index >= 15 is 0 Å². The van der Waals surface area contributed by atoms with E-state index in [1.807, 2.05) is 49.5 Å². The molecule has 1 amide bonds. The SMILES string of the molecule is Cc1ncc(-c2ccccc2)cc1NC(=O)c1csc(CCN)n1. The molecule has 2 heterocycles. The van der Waals surface area contributed by atoms with Gasteiger partial charge in [-0.05, 0) is 25.1 Å². The second-order valence-electron chi connectivity index (χ2n) is 5.34. The zero-order valence-electron chi connectivity index (χ0n) is 13.3. The van der Waals surface area contributed by atoms with Gasteiger partial charge in [-0.15, -0.1) is 11.3 Å². The summed E-state index contributed by atoms with van der Waals surface area (Å²) in [5, 5.41) is 5.53. The number of aryl methyl sites for hydroxylation is 1. The highest BCUT2D eigenvalue weighted by molar-refractivity contribution is 7.09. The highest BCUT2D eigenvalue weighted by Crippen LogP contribution is 2.24. The fraction of sp³-hybridized carbons (Fsp3) is 0.167. The van der Waals surface area contributed by atoms with Crippen molar-refractivity contribution in [1.82, 2.24) is 9.97 Å². The molecule has 2 aromatic heterocycles. The summed E-state index contributed by atoms with van der Waals surface area (Å²) in [7, 11) is 0. The molecule has 1 aromatic carbocycles. The van der Waals surface area contributed by atoms with E-state index in [1.165, 1.54) is 11.3 Å². The Labute approximate surface area is 144 Å². The first-order valence-corrected chi connectivity index (χ1v) is 8.53. The Morgan fingerprint density at radius 2 is 2.04 bits per heavy atom. The van der Waals surface area contributed by atoms with Crippen LogP contribution in [0.5, 0.6) is 0 Å². The third-order valence-electron chi connectivity index (χ3n) is 3.58. The number of rotatable bonds is 5. The van der Waals surface area contributed by atoms with Crippen LogP contribution >= 0.6 is 11.3 Å². The smallest absolute Gasteiger partial charge is 0.275 e. The predicted molar refractivity (Wildman–Crippen MR) is 97.2 cm³/mol. The lowest BCUT2D eigenvalue weighted by atomic mass is 10.1. The number of carbonyl (C=O) groups excluding carboxylic acids is 1. The molecular weight excluding hydrogens is 320 g/mol. The molecule has 0 radical (unpaired) electrons. The van der Waals surface area contributed by atoms with Crippen LogP contribution in [0.15, 0.2) is 48.0 Å². The quantitative estimate of drug-likeness (QED) is 0.748. The van der Waals surface area contributed by atoms with Crippen molar-refractivity contribution in [1.29, 1.82) is 0 Å². The Kier molecular flexibility index (Phi) is 4.98. The number of pyridine rings is 1. The lowest BCUT2D eigenvalue weighted by molar-refractivity contribution is 0.102. The molecule has 0 unspecified atom stereocenters. The minimum absolute atomic E-state index is 0.232. The topological polar surface area (TPSA) is 80.9 Å². The molecule has 122 valence electrons. The second-order valence-corrected chi connectivity index (χ2v) is 6.28. The third-order valence-corrected chi connectivity index (χ3v) is 4.49. The molecule has 0 aliphatic rings. The minimum atomic E-state index is -0.232. The van der Waals surface area contributed by atoms with Crippen molar-refractivity contribution in [3.05, 3.63) is 64.4 Å². The van der Waals surface area contributed by atoms with Gasteiger partial charge in [0.05, 0.1) is 16.4 Å². The van der Waals surface area contributed by atoms with Gasteiger partial charge in [0.15, 0.2) is 0 Å². The monoisotopic (exact) mass is 338 g/mol. The zero-order chi connectivity index (χ0) is 16.9. The molecule has 0 saturated carbocycles. The fourth-order valence-corrected chi connectivity index (χ4v) is 3.08. The van der Waals surface area contributed by atoms with Crippen molar-refractivity contribution in [2.24, 2.45) is 5.73 Å². The van der Waals surface area contributed by atoms with E-state index in [4.69, 9.17) is 5.73 Å². The predicted octanol–water partition coefficient (Wildman–Crippen LogP) is 3.27. The number of nitrogens with one attached hydrogen (secondary N) is 1. The Hall–Kier alpha value is -2.57. The number of aromatic nitrogens is 2. The van der Waals surface area contributed by atoms with Gasteiger partial charge in [0.2, 0.25) is 0 Å². The number of benzene rings is 1. The first kappa shape index (κ1) is 16.3. The normalized spacial score (nSPS) is 10.6. The van der Waals surface area contributed by atoms with E-state index in [9.17, 15) is 4.79 Å². The molecule has 0 aliphatic carbocycles. The standard InChI is InChI=1S/C18H18N4OS/c1-12-15(9-14(10-20-12)13-5-3-2-4-6-13)22-18(23)16-11-24-17(21-16)7-8-19/h2-6,9-11H,7-8,19H2,1H3,(H,22,23). The van der Waals surface area contributed by atoms with Gasteiger partial charge in [0, 0.05) is 23.6 Å². The summed E-state index contributed by atoms with van der Waals surface area (Å²) in [6.45, 7) is 2.39. The van der Waals surface area contributed by atoms with Crippen LogP contribution < -0.4 is 11.1 Å². The molecule has 3 aromatic rings. The van der Waals surface area contributed by atoms with Crippen molar-refractivity contribution >= 4 is 22.9 Å². The van der Waals surface area contributed by atoms with Crippen LogP contribution in [-0.2, 0) is 6.42 Å². The van der Waals surface area contributed by atoms with Crippen molar-refractivity contribution in [3.63, 3.8) is 0 Å². The number of nitrogens with two attached hydrogens (primary N) is 1. The van der Waals surface area contributed by atoms with Gasteiger partial charge in [0.25, 0.3) is 5.91 Å². The maximum atomic E-state index is 12.4. The average Bonchev–Trinajstić information content (AvgIpc) is 3.07. The maximum absolute atomic E-state index is 12.4. The molecule has 5 nitrogen and oxygen atoms in total. The van der Waals surface area contributed by atoms with E-state index < -0.39 is 0 Å². The lowest BCUT2D eigenvalue weighted by Crippen LogP contribution is -2.14. The van der Waals surface area contributed by atoms with Gasteiger partial charge in [0.1, 0.15) is 5.69 Å². The van der Waals surface area contributed by atoms with Gasteiger partial charge in [-0.3, -0.25) is 9.78 Å². The molecule has 0 bridgehead atoms. The van der Waals surface area contributed by atoms with Crippen LogP contribution in [0, 0.1) is 6.92 Å². The minimum Gasteiger partial charge on any atom is -0.330 e. The first-order valence-electron chi connectivity index (χ1n) is 7.65. The van der Waals surface area contributed by atoms with Crippen LogP contribution in [0.3, 0.4) is 0 Å². The van der Waals surface area contributed by atoms with Gasteiger partial charge in [-0.1, -0.05) is 30.3 Å². The van der Waals surface area contributed by atoms with Gasteiger partial charge >= 0.3 is 0 Å². The van der Waals surface area contributed by atoms with E-state index in [0.717, 1.165) is 21.8 Å². The Morgan fingerprint density at radius 1 is 1.25 bits per heavy atom. The fourth-order valence-electron chi connectivity index (χ4n) is 2.29. The maximum Gasteiger partial charge on any atom is 0.275 e. The summed E-state index contributed by atoms with van der Waals surface area (Å²) in [5.74, 6) is -0.232. The van der Waals surface area contributed by atoms with E-state index in [0.29, 0.717) is 24.3 Å². The van der Waals surface area contributed by atoms with Gasteiger partial charge in [-0.25, -0.2) is 4.98 Å². The number of thiazole rings is 1. The van der Waals surface area contributed by atoms with Crippen LogP contribution in [0.25, 0.3) is 11.1 Å². The molecule has 3 rings (SSSR count). The van der Waals surface area contributed by atoms with Crippen LogP contribution in [0.1, 0.15) is 21.2 Å². The first-order chi connectivity index (χ1) is 11.7. The van der Waals surface area contributed by atoms with E-state index in [1.54, 1.807) is 5.38 Å². The molecule has 0 saturated heterocycles. The van der Waals surface area contributed by atoms with Crippen LogP contribution in [0.4, 0.5) is 5.69 Å². The molecule has 3 N–H and O–H groups in total. The number of nitrogens with zero attached hydrogens (tertiary/aromatic N) is 2. The van der Waals surface area contributed by atoms with Crippen LogP contribution in [-0.4, -0.2) is 22.4 Å². The molecule has 0 fully saturated rings. The van der Waals surface area contributed by atoms with Crippen LogP contribution in [0.2, 0.25) is 0 Å². The summed E-state index contributed by atoms with van der Waals surface area (Å²) in [5.41, 5.74) is 9.40. The van der Waals surface area contributed by atoms with Gasteiger partial charge < -0.3 is 11.1 Å². The number of carbonyl (C=O) groups is 1. The van der Waals surface area contributed by atoms with Crippen molar-refractivity contribution < 1.29 is 4.79 Å². The zero-order valence-corrected chi connectivity index (χ0v) is 14.1. The Bertz CT molecular complexity index is 845. The second kappa shape index (κ2) is 7.33. The summed E-state index contributed by atoms with van der Waals surface area (Å²) in [4.78, 5) is 21.1. The molecule has 0 spiro atoms. The van der Waals surface area contributed by atoms with Crippen molar-refractivity contribution in [2.75, 3.05) is 11.9 Å². The largest absolute Gasteiger partial charge is 0.330 e. The lowest BCUT2D eigenvalue weighted by Gasteiger charge is -2.09. The van der Waals surface area contributed by atoms with Crippen molar-refractivity contribution in [2.45, 2.75) is 13.3 Å². The third kappa shape index (κ3) is 3.67. The molecule has 24 heavy (non-hydrogen) atoms. The number of amides is 1. The van der Waals surface area contributed by atoms with Crippen molar-refractivity contribution in [3.8, 4) is 11.1 Å². The molecular formula is C18H18N4OS. The molecule has 6 heteroatoms. The molecule has 0 atom stereocenters. The van der Waals surface area contributed by atoms with Gasteiger partial charge in [-0.2, -0.15) is 0 Å². The number of anilines is 1. The highest BCUT2D eigenvalue weighted by Gasteiger charge is 2.13. The highest BCUT2D eigenvalue weighted by atomic mass is 32.1. The van der Waals surface area contributed by atoms with E-state index in [2.05, 4.69) is 15.3 Å². The average molecular weight is 338 g/mol. The molecule has 0 aliphatic heterocycles. The summed E-state index contributed by atoms with van der Waals surface area (Å²) < 4.78 is 0. The number of hydrogen-bond donors (Lipinski definition) is 2. The van der Waals surface area contributed by atoms with E-state index in [-0.39, 0.29) is 5.91 Å².